The van der Waals surface area contributed by atoms with Gasteiger partial charge in [0.1, 0.15) is 16.7 Å². The number of nitrogens with two attached hydrogens (primary N) is 2. The number of rotatable bonds is 12. The molecule has 0 aliphatic heterocycles. The van der Waals surface area contributed by atoms with Crippen molar-refractivity contribution in [1.82, 2.24) is 9.69 Å². The van der Waals surface area contributed by atoms with Crippen molar-refractivity contribution in [3.8, 4) is 5.75 Å². The highest BCUT2D eigenvalue weighted by atomic mass is 32.1. The molecule has 0 saturated heterocycles. The predicted octanol–water partition coefficient (Wildman–Crippen LogP) is 4.34. The van der Waals surface area contributed by atoms with Crippen LogP contribution in [0.1, 0.15) is 71.4 Å². The number of nitrogens with one attached hydrogen (secondary N) is 1. The van der Waals surface area contributed by atoms with Crippen LogP contribution >= 0.6 is 11.5 Å². The molecule has 38 heavy (non-hydrogen) atoms. The van der Waals surface area contributed by atoms with E-state index in [-0.39, 0.29) is 22.2 Å². The van der Waals surface area contributed by atoms with Gasteiger partial charge in [-0.2, -0.15) is 4.37 Å². The monoisotopic (exact) mass is 537 g/mol. The molecule has 1 atom stereocenters. The number of hydrogen-bond acceptors (Lipinski definition) is 7. The first kappa shape index (κ1) is 28.6. The number of amides is 3. The standard InChI is InChI=1S/C28H35N5O4S/c1-5-18-9-7-8-10-21(18)33(28(36)25-22(29)23(26(30)34)32-38-25)24(27(35)31-16-15-17(3)4)19-11-13-20(14-12-19)37-6-2/h7-14,17,24H,5-6,15-16,29H2,1-4H3,(H2,30,34)(H,31,35)/t24-/m0/s1. The van der Waals surface area contributed by atoms with E-state index in [4.69, 9.17) is 16.2 Å². The van der Waals surface area contributed by atoms with E-state index in [9.17, 15) is 14.4 Å². The van der Waals surface area contributed by atoms with Crippen molar-refractivity contribution >= 4 is 40.6 Å². The average molecular weight is 538 g/mol. The normalized spacial score (nSPS) is 11.7. The molecule has 3 rings (SSSR count). The molecular weight excluding hydrogens is 502 g/mol. The highest BCUT2D eigenvalue weighted by Crippen LogP contribution is 2.35. The molecule has 5 N–H and O–H groups in total. The molecule has 0 radical (unpaired) electrons. The quantitative estimate of drug-likeness (QED) is 0.314. The minimum absolute atomic E-state index is 0.0376. The summed E-state index contributed by atoms with van der Waals surface area (Å²) in [6.07, 6.45) is 1.40. The van der Waals surface area contributed by atoms with Crippen LogP contribution in [0, 0.1) is 5.92 Å². The van der Waals surface area contributed by atoms with E-state index in [1.54, 1.807) is 30.3 Å². The maximum atomic E-state index is 14.2. The molecule has 0 aliphatic rings. The molecule has 0 spiro atoms. The van der Waals surface area contributed by atoms with Gasteiger partial charge in [0, 0.05) is 12.2 Å². The first-order valence-corrected chi connectivity index (χ1v) is 13.4. The maximum absolute atomic E-state index is 14.2. The van der Waals surface area contributed by atoms with E-state index in [1.165, 1.54) is 4.90 Å². The summed E-state index contributed by atoms with van der Waals surface area (Å²) >= 11 is 0.785. The molecule has 0 saturated carbocycles. The van der Waals surface area contributed by atoms with Crippen LogP contribution in [0.4, 0.5) is 11.4 Å². The number of aryl methyl sites for hydroxylation is 1. The van der Waals surface area contributed by atoms with Crippen LogP contribution < -0.4 is 26.4 Å². The summed E-state index contributed by atoms with van der Waals surface area (Å²) in [6.45, 7) is 8.97. The lowest BCUT2D eigenvalue weighted by atomic mass is 10.00. The van der Waals surface area contributed by atoms with Gasteiger partial charge in [0.05, 0.1) is 12.3 Å². The lowest BCUT2D eigenvalue weighted by molar-refractivity contribution is -0.122. The second-order valence-corrected chi connectivity index (χ2v) is 9.95. The van der Waals surface area contributed by atoms with Gasteiger partial charge in [-0.1, -0.05) is 51.1 Å². The molecule has 0 bridgehead atoms. The highest BCUT2D eigenvalue weighted by Gasteiger charge is 2.36. The fraction of sp³-hybridized carbons (Fsp3) is 0.357. The van der Waals surface area contributed by atoms with Gasteiger partial charge in [-0.25, -0.2) is 0 Å². The summed E-state index contributed by atoms with van der Waals surface area (Å²) in [5.41, 5.74) is 13.3. The Kier molecular flexibility index (Phi) is 9.84. The van der Waals surface area contributed by atoms with Crippen LogP contribution in [0.25, 0.3) is 0 Å². The lowest BCUT2D eigenvalue weighted by Crippen LogP contribution is -2.44. The number of hydrogen-bond donors (Lipinski definition) is 3. The Morgan fingerprint density at radius 3 is 2.34 bits per heavy atom. The Labute approximate surface area is 227 Å². The molecule has 10 heteroatoms. The smallest absolute Gasteiger partial charge is 0.273 e. The molecule has 1 heterocycles. The van der Waals surface area contributed by atoms with E-state index < -0.39 is 17.9 Å². The molecule has 0 unspecified atom stereocenters. The lowest BCUT2D eigenvalue weighted by Gasteiger charge is -2.33. The van der Waals surface area contributed by atoms with Crippen molar-refractivity contribution in [2.24, 2.45) is 11.7 Å². The number of benzene rings is 2. The minimum atomic E-state index is -1.03. The number of anilines is 2. The number of carbonyl (C=O) groups excluding carboxylic acids is 3. The van der Waals surface area contributed by atoms with E-state index >= 15 is 0 Å². The van der Waals surface area contributed by atoms with Crippen molar-refractivity contribution in [3.63, 3.8) is 0 Å². The number of para-hydroxylation sites is 1. The zero-order chi connectivity index (χ0) is 27.8. The zero-order valence-electron chi connectivity index (χ0n) is 22.2. The molecule has 9 nitrogen and oxygen atoms in total. The third-order valence-electron chi connectivity index (χ3n) is 6.04. The summed E-state index contributed by atoms with van der Waals surface area (Å²) < 4.78 is 9.59. The van der Waals surface area contributed by atoms with Crippen LogP contribution in [-0.4, -0.2) is 35.2 Å². The van der Waals surface area contributed by atoms with Gasteiger partial charge in [0.2, 0.25) is 5.91 Å². The van der Waals surface area contributed by atoms with Gasteiger partial charge in [-0.15, -0.1) is 0 Å². The average Bonchev–Trinajstić information content (AvgIpc) is 3.29. The van der Waals surface area contributed by atoms with Crippen LogP contribution in [0.15, 0.2) is 48.5 Å². The molecule has 202 valence electrons. The van der Waals surface area contributed by atoms with E-state index in [1.807, 2.05) is 32.0 Å². The Morgan fingerprint density at radius 2 is 1.76 bits per heavy atom. The second-order valence-electron chi connectivity index (χ2n) is 9.17. The van der Waals surface area contributed by atoms with Crippen molar-refractivity contribution in [2.75, 3.05) is 23.8 Å². The Morgan fingerprint density at radius 1 is 1.08 bits per heavy atom. The Hall–Kier alpha value is -3.92. The van der Waals surface area contributed by atoms with Gasteiger partial charge in [-0.3, -0.25) is 19.3 Å². The van der Waals surface area contributed by atoms with Crippen LogP contribution in [0.2, 0.25) is 0 Å². The minimum Gasteiger partial charge on any atom is -0.494 e. The fourth-order valence-electron chi connectivity index (χ4n) is 4.06. The topological polar surface area (TPSA) is 141 Å². The van der Waals surface area contributed by atoms with Crippen LogP contribution in [0.5, 0.6) is 5.75 Å². The Bertz CT molecular complexity index is 1270. The van der Waals surface area contributed by atoms with E-state index in [2.05, 4.69) is 23.5 Å². The molecule has 0 fully saturated rings. The summed E-state index contributed by atoms with van der Waals surface area (Å²) in [5.74, 6) is -0.673. The van der Waals surface area contributed by atoms with Gasteiger partial charge >= 0.3 is 0 Å². The van der Waals surface area contributed by atoms with Crippen molar-refractivity contribution in [1.29, 1.82) is 0 Å². The zero-order valence-corrected chi connectivity index (χ0v) is 23.0. The van der Waals surface area contributed by atoms with Gasteiger partial charge < -0.3 is 21.5 Å². The van der Waals surface area contributed by atoms with E-state index in [0.717, 1.165) is 23.5 Å². The van der Waals surface area contributed by atoms with Crippen molar-refractivity contribution in [2.45, 2.75) is 46.6 Å². The SMILES string of the molecule is CCOc1ccc([C@@H](C(=O)NCCC(C)C)N(C(=O)c2snc(C(N)=O)c2N)c2ccccc2CC)cc1. The molecule has 3 amide bonds. The summed E-state index contributed by atoms with van der Waals surface area (Å²) in [7, 11) is 0. The highest BCUT2D eigenvalue weighted by molar-refractivity contribution is 7.09. The summed E-state index contributed by atoms with van der Waals surface area (Å²) in [4.78, 5) is 41.3. The van der Waals surface area contributed by atoms with Gasteiger partial charge in [-0.05, 0) is 66.5 Å². The van der Waals surface area contributed by atoms with Crippen LogP contribution in [0.3, 0.4) is 0 Å². The Balaban J connectivity index is 2.20. The molecule has 2 aromatic carbocycles. The van der Waals surface area contributed by atoms with E-state index in [0.29, 0.717) is 42.5 Å². The largest absolute Gasteiger partial charge is 0.494 e. The number of primary amides is 1. The van der Waals surface area contributed by atoms with Crippen LogP contribution in [-0.2, 0) is 11.2 Å². The third-order valence-corrected chi connectivity index (χ3v) is 6.89. The molecule has 1 aromatic heterocycles. The van der Waals surface area contributed by atoms with Gasteiger partial charge in [0.25, 0.3) is 11.8 Å². The number of aromatic nitrogens is 1. The number of nitrogens with zero attached hydrogens (tertiary/aromatic N) is 2. The molecular formula is C28H35N5O4S. The maximum Gasteiger partial charge on any atom is 0.273 e. The first-order chi connectivity index (χ1) is 18.2. The first-order valence-electron chi connectivity index (χ1n) is 12.7. The third kappa shape index (κ3) is 6.49. The number of carbonyl (C=O) groups is 3. The number of nitrogen functional groups attached to an aromatic ring is 1. The summed E-state index contributed by atoms with van der Waals surface area (Å²) in [5, 5.41) is 3.00. The molecule has 0 aliphatic carbocycles. The summed E-state index contributed by atoms with van der Waals surface area (Å²) in [6, 6.07) is 13.5. The fourth-order valence-corrected chi connectivity index (χ4v) is 4.80. The predicted molar refractivity (Wildman–Crippen MR) is 150 cm³/mol. The molecule has 3 aromatic rings. The van der Waals surface area contributed by atoms with Crippen molar-refractivity contribution < 1.29 is 19.1 Å². The number of ether oxygens (including phenoxy) is 1. The van der Waals surface area contributed by atoms with Crippen molar-refractivity contribution in [3.05, 3.63) is 70.2 Å². The second kappa shape index (κ2) is 13.0. The van der Waals surface area contributed by atoms with Gasteiger partial charge in [0.15, 0.2) is 5.69 Å².